The van der Waals surface area contributed by atoms with Crippen LogP contribution in [0.2, 0.25) is 0 Å². The van der Waals surface area contributed by atoms with Crippen LogP contribution >= 0.6 is 11.9 Å². The lowest BCUT2D eigenvalue weighted by atomic mass is 9.78. The van der Waals surface area contributed by atoms with Gasteiger partial charge in [-0.05, 0) is 62.1 Å². The van der Waals surface area contributed by atoms with Crippen LogP contribution in [0.15, 0.2) is 41.0 Å². The van der Waals surface area contributed by atoms with E-state index in [0.29, 0.717) is 24.9 Å². The molecule has 0 unspecified atom stereocenters. The molecular formula is C23H28N2O6S. The van der Waals surface area contributed by atoms with E-state index in [1.165, 1.54) is 0 Å². The molecule has 0 aliphatic carbocycles. The smallest absolute Gasteiger partial charge is 0.410 e. The number of cyclic esters (lactones) is 1. The highest BCUT2D eigenvalue weighted by molar-refractivity contribution is 7.99. The molecule has 2 atom stereocenters. The van der Waals surface area contributed by atoms with E-state index < -0.39 is 22.2 Å². The highest BCUT2D eigenvalue weighted by Crippen LogP contribution is 2.37. The van der Waals surface area contributed by atoms with Crippen molar-refractivity contribution in [2.45, 2.75) is 49.8 Å². The molecule has 1 fully saturated rings. The number of carboxylic acids is 1. The number of aliphatic carboxylic acids is 1. The Morgan fingerprint density at radius 1 is 1.25 bits per heavy atom. The molecule has 2 aromatic rings. The molecule has 0 radical (unpaired) electrons. The molecule has 2 aromatic carbocycles. The lowest BCUT2D eigenvalue weighted by Gasteiger charge is -2.33. The number of carboxylic acid groups (broad SMARTS) is 1. The molecule has 0 spiro atoms. The highest BCUT2D eigenvalue weighted by atomic mass is 32.2. The van der Waals surface area contributed by atoms with Crippen molar-refractivity contribution in [3.8, 4) is 5.75 Å². The van der Waals surface area contributed by atoms with E-state index in [1.54, 1.807) is 18.9 Å². The maximum Gasteiger partial charge on any atom is 0.410 e. The van der Waals surface area contributed by atoms with Gasteiger partial charge in [0.2, 0.25) is 0 Å². The number of nitroso groups, excluding NO2 is 1. The summed E-state index contributed by atoms with van der Waals surface area (Å²) in [5, 5.41) is 12.0. The van der Waals surface area contributed by atoms with Crippen molar-refractivity contribution in [2.75, 3.05) is 20.3 Å². The van der Waals surface area contributed by atoms with Gasteiger partial charge in [-0.1, -0.05) is 24.3 Å². The molecule has 1 saturated heterocycles. The van der Waals surface area contributed by atoms with Crippen LogP contribution in [0.3, 0.4) is 0 Å². The summed E-state index contributed by atoms with van der Waals surface area (Å²) in [4.78, 5) is 36.9. The predicted octanol–water partition coefficient (Wildman–Crippen LogP) is 4.98. The van der Waals surface area contributed by atoms with Gasteiger partial charge in [0.05, 0.1) is 23.3 Å². The Kier molecular flexibility index (Phi) is 6.97. The standard InChI is InChI=1S/C23H28N2O6S/c1-22(2,32-24-29)19-14-31-21(28)25(19)11-5-10-23(3,20(26)27)17-8-6-16-13-18(30-4)9-7-15(16)12-17/h6-9,12-13,19H,5,10-11,14H2,1-4H3,(H,26,27)/t19-,23-/m0/s1. The van der Waals surface area contributed by atoms with Crippen molar-refractivity contribution in [1.29, 1.82) is 0 Å². The van der Waals surface area contributed by atoms with Crippen LogP contribution in [0, 0.1) is 4.91 Å². The van der Waals surface area contributed by atoms with Gasteiger partial charge >= 0.3 is 12.1 Å². The Bertz CT molecular complexity index is 1030. The van der Waals surface area contributed by atoms with Crippen LogP contribution in [0.4, 0.5) is 4.79 Å². The number of ether oxygens (including phenoxy) is 2. The fraction of sp³-hybridized carbons (Fsp3) is 0.478. The van der Waals surface area contributed by atoms with Crippen molar-refractivity contribution in [3.05, 3.63) is 46.9 Å². The summed E-state index contributed by atoms with van der Waals surface area (Å²) in [6.45, 7) is 5.89. The summed E-state index contributed by atoms with van der Waals surface area (Å²) in [5.74, 6) is -0.184. The summed E-state index contributed by atoms with van der Waals surface area (Å²) >= 11 is 0.874. The summed E-state index contributed by atoms with van der Waals surface area (Å²) in [7, 11) is 1.60. The Morgan fingerprint density at radius 3 is 2.59 bits per heavy atom. The molecule has 9 heteroatoms. The van der Waals surface area contributed by atoms with Crippen LogP contribution in [-0.4, -0.2) is 53.1 Å². The number of hydrogen-bond donors (Lipinski definition) is 1. The van der Waals surface area contributed by atoms with Gasteiger partial charge in [0, 0.05) is 23.1 Å². The Labute approximate surface area is 191 Å². The third-order valence-electron chi connectivity index (χ3n) is 6.28. The minimum atomic E-state index is -1.12. The van der Waals surface area contributed by atoms with E-state index in [1.807, 2.05) is 50.2 Å². The van der Waals surface area contributed by atoms with Crippen LogP contribution in [-0.2, 0) is 14.9 Å². The summed E-state index contributed by atoms with van der Waals surface area (Å²) in [5.41, 5.74) is -0.425. The van der Waals surface area contributed by atoms with Crippen molar-refractivity contribution >= 4 is 34.8 Å². The third-order valence-corrected chi connectivity index (χ3v) is 7.10. The second-order valence-electron chi connectivity index (χ2n) is 8.72. The fourth-order valence-corrected chi connectivity index (χ4v) is 4.61. The second-order valence-corrected chi connectivity index (χ2v) is 10.1. The monoisotopic (exact) mass is 460 g/mol. The molecule has 8 nitrogen and oxygen atoms in total. The number of nitrogens with zero attached hydrogens (tertiary/aromatic N) is 2. The number of fused-ring (bicyclic) bond motifs is 1. The lowest BCUT2D eigenvalue weighted by molar-refractivity contribution is -0.143. The minimum absolute atomic E-state index is 0.179. The number of methoxy groups -OCH3 is 1. The number of rotatable bonds is 10. The topological polar surface area (TPSA) is 105 Å². The zero-order valence-electron chi connectivity index (χ0n) is 18.7. The SMILES string of the molecule is COc1ccc2cc([C@](C)(CCCN3C(=O)OC[C@H]3C(C)(C)SN=O)C(=O)O)ccc2c1. The number of carbonyl (C=O) groups excluding carboxylic acids is 1. The zero-order chi connectivity index (χ0) is 23.5. The van der Waals surface area contributed by atoms with E-state index in [9.17, 15) is 19.6 Å². The van der Waals surface area contributed by atoms with Gasteiger partial charge in [-0.25, -0.2) is 4.79 Å². The van der Waals surface area contributed by atoms with Crippen LogP contribution in [0.1, 0.15) is 39.2 Å². The van der Waals surface area contributed by atoms with Gasteiger partial charge in [0.15, 0.2) is 0 Å². The highest BCUT2D eigenvalue weighted by Gasteiger charge is 2.44. The van der Waals surface area contributed by atoms with Gasteiger partial charge in [-0.2, -0.15) is 0 Å². The molecule has 32 heavy (non-hydrogen) atoms. The second kappa shape index (κ2) is 9.36. The Morgan fingerprint density at radius 2 is 1.94 bits per heavy atom. The number of hydrogen-bond acceptors (Lipinski definition) is 7. The summed E-state index contributed by atoms with van der Waals surface area (Å²) in [6, 6.07) is 11.0. The van der Waals surface area contributed by atoms with Crippen molar-refractivity contribution in [1.82, 2.24) is 4.90 Å². The first kappa shape index (κ1) is 23.8. The van der Waals surface area contributed by atoms with Crippen LogP contribution in [0.5, 0.6) is 5.75 Å². The first-order valence-electron chi connectivity index (χ1n) is 10.4. The molecule has 1 aliphatic rings. The van der Waals surface area contributed by atoms with Gasteiger partial charge in [-0.15, -0.1) is 4.91 Å². The molecule has 1 amide bonds. The fourth-order valence-electron chi connectivity index (χ4n) is 4.10. The maximum atomic E-state index is 12.3. The average molecular weight is 461 g/mol. The molecule has 0 saturated carbocycles. The maximum absolute atomic E-state index is 12.3. The predicted molar refractivity (Wildman–Crippen MR) is 124 cm³/mol. The summed E-state index contributed by atoms with van der Waals surface area (Å²) < 4.78 is 12.8. The quantitative estimate of drug-likeness (QED) is 0.393. The average Bonchev–Trinajstić information content (AvgIpc) is 3.14. The molecule has 0 bridgehead atoms. The van der Waals surface area contributed by atoms with E-state index in [2.05, 4.69) is 4.58 Å². The third kappa shape index (κ3) is 4.67. The van der Waals surface area contributed by atoms with E-state index in [4.69, 9.17) is 9.47 Å². The minimum Gasteiger partial charge on any atom is -0.497 e. The van der Waals surface area contributed by atoms with Crippen LogP contribution < -0.4 is 4.74 Å². The Hall–Kier alpha value is -2.81. The number of carbonyl (C=O) groups is 2. The summed E-state index contributed by atoms with van der Waals surface area (Å²) in [6.07, 6.45) is 0.343. The zero-order valence-corrected chi connectivity index (χ0v) is 19.5. The normalized spacial score (nSPS) is 18.3. The van der Waals surface area contributed by atoms with Gasteiger partial charge < -0.3 is 19.5 Å². The van der Waals surface area contributed by atoms with E-state index in [0.717, 1.165) is 28.5 Å². The Balaban J connectivity index is 1.77. The first-order chi connectivity index (χ1) is 15.1. The largest absolute Gasteiger partial charge is 0.497 e. The number of benzene rings is 2. The molecule has 1 heterocycles. The van der Waals surface area contributed by atoms with E-state index >= 15 is 0 Å². The van der Waals surface area contributed by atoms with Gasteiger partial charge in [-0.3, -0.25) is 4.79 Å². The number of amides is 1. The lowest BCUT2D eigenvalue weighted by Crippen LogP contribution is -2.46. The first-order valence-corrected chi connectivity index (χ1v) is 11.2. The van der Waals surface area contributed by atoms with E-state index in [-0.39, 0.29) is 12.6 Å². The molecule has 0 aromatic heterocycles. The van der Waals surface area contributed by atoms with Gasteiger partial charge in [0.25, 0.3) is 0 Å². The molecule has 3 rings (SSSR count). The van der Waals surface area contributed by atoms with Gasteiger partial charge in [0.1, 0.15) is 12.4 Å². The van der Waals surface area contributed by atoms with Crippen molar-refractivity contribution in [3.63, 3.8) is 0 Å². The molecular weight excluding hydrogens is 432 g/mol. The van der Waals surface area contributed by atoms with Crippen molar-refractivity contribution < 1.29 is 24.2 Å². The molecule has 1 N–H and O–H groups in total. The van der Waals surface area contributed by atoms with Crippen LogP contribution in [0.25, 0.3) is 10.8 Å². The molecule has 172 valence electrons. The van der Waals surface area contributed by atoms with Crippen molar-refractivity contribution in [2.24, 2.45) is 4.58 Å². The molecule has 1 aliphatic heterocycles.